The second-order valence-electron chi connectivity index (χ2n) is 12.3. The summed E-state index contributed by atoms with van der Waals surface area (Å²) in [5.74, 6) is -0.226. The molecule has 2 rings (SSSR count). The van der Waals surface area contributed by atoms with Crippen molar-refractivity contribution in [2.45, 2.75) is 171 Å². The molecule has 14 nitrogen and oxygen atoms in total. The molecule has 0 aliphatic carbocycles. The summed E-state index contributed by atoms with van der Waals surface area (Å²) >= 11 is 0. The molecule has 2 saturated heterocycles. The number of aliphatic hydroxyl groups is 8. The lowest BCUT2D eigenvalue weighted by Gasteiger charge is -2.46. The van der Waals surface area contributed by atoms with E-state index >= 15 is 0 Å². The van der Waals surface area contributed by atoms with Gasteiger partial charge in [0.05, 0.1) is 32.0 Å². The van der Waals surface area contributed by atoms with Crippen molar-refractivity contribution in [2.75, 3.05) is 19.8 Å². The summed E-state index contributed by atoms with van der Waals surface area (Å²) < 4.78 is 22.3. The molecule has 12 unspecified atom stereocenters. The lowest BCUT2D eigenvalue weighted by molar-refractivity contribution is -0.359. The van der Waals surface area contributed by atoms with Crippen LogP contribution >= 0.6 is 0 Å². The molecule has 0 saturated carbocycles. The van der Waals surface area contributed by atoms with Crippen LogP contribution in [0, 0.1) is 0 Å². The molecule has 2 heterocycles. The topological polar surface area (TPSA) is 228 Å². The standard InChI is InChI=1S/C31H59NO13/c1-3-5-7-8-9-10-11-13-15-23(36)32-19(20(35)14-12-6-4-2)18-42-30-28(41)26(39)29(22(17-34)44-30)45-31-27(40)25(38)24(37)21(16-33)43-31/h19-22,24-31,33-35,37-41H,3-18H2,1-2H3,(H,32,36). The Morgan fingerprint density at radius 1 is 0.711 bits per heavy atom. The average molecular weight is 654 g/mol. The van der Waals surface area contributed by atoms with Gasteiger partial charge in [0.25, 0.3) is 0 Å². The van der Waals surface area contributed by atoms with Gasteiger partial charge in [-0.25, -0.2) is 0 Å². The maximum absolute atomic E-state index is 12.7. The van der Waals surface area contributed by atoms with E-state index in [2.05, 4.69) is 12.2 Å². The highest BCUT2D eigenvalue weighted by Crippen LogP contribution is 2.29. The lowest BCUT2D eigenvalue weighted by atomic mass is 9.97. The third kappa shape index (κ3) is 12.8. The van der Waals surface area contributed by atoms with Crippen molar-refractivity contribution >= 4 is 5.91 Å². The molecular formula is C31H59NO13. The van der Waals surface area contributed by atoms with Crippen molar-refractivity contribution in [1.29, 1.82) is 0 Å². The summed E-state index contributed by atoms with van der Waals surface area (Å²) in [4.78, 5) is 12.7. The van der Waals surface area contributed by atoms with Gasteiger partial charge in [0.15, 0.2) is 12.6 Å². The Bertz CT molecular complexity index is 791. The van der Waals surface area contributed by atoms with Crippen LogP contribution in [0.2, 0.25) is 0 Å². The van der Waals surface area contributed by atoms with Crippen molar-refractivity contribution < 1.29 is 64.6 Å². The van der Waals surface area contributed by atoms with E-state index in [1.165, 1.54) is 25.7 Å². The van der Waals surface area contributed by atoms with Crippen LogP contribution in [0.15, 0.2) is 0 Å². The minimum atomic E-state index is -1.77. The largest absolute Gasteiger partial charge is 0.394 e. The van der Waals surface area contributed by atoms with E-state index in [4.69, 9.17) is 18.9 Å². The Hall–Kier alpha value is -1.01. The minimum Gasteiger partial charge on any atom is -0.394 e. The second-order valence-corrected chi connectivity index (χ2v) is 12.3. The van der Waals surface area contributed by atoms with Crippen LogP contribution in [-0.4, -0.2) is 140 Å². The van der Waals surface area contributed by atoms with Crippen LogP contribution < -0.4 is 5.32 Å². The Morgan fingerprint density at radius 2 is 1.27 bits per heavy atom. The molecule has 14 heteroatoms. The van der Waals surface area contributed by atoms with Crippen LogP contribution in [0.4, 0.5) is 0 Å². The number of rotatable bonds is 22. The van der Waals surface area contributed by atoms with E-state index in [-0.39, 0.29) is 12.5 Å². The molecule has 0 aromatic rings. The van der Waals surface area contributed by atoms with Crippen molar-refractivity contribution in [1.82, 2.24) is 5.32 Å². The molecule has 266 valence electrons. The Balaban J connectivity index is 1.96. The molecule has 0 aromatic heterocycles. The van der Waals surface area contributed by atoms with Gasteiger partial charge in [0.1, 0.15) is 48.8 Å². The number of hydrogen-bond acceptors (Lipinski definition) is 13. The third-order valence-electron chi connectivity index (χ3n) is 8.57. The summed E-state index contributed by atoms with van der Waals surface area (Å²) in [6, 6.07) is -0.813. The van der Waals surface area contributed by atoms with E-state index in [0.29, 0.717) is 12.8 Å². The monoisotopic (exact) mass is 653 g/mol. The van der Waals surface area contributed by atoms with E-state index < -0.39 is 86.8 Å². The van der Waals surface area contributed by atoms with E-state index in [9.17, 15) is 45.6 Å². The zero-order valence-corrected chi connectivity index (χ0v) is 26.9. The van der Waals surface area contributed by atoms with Gasteiger partial charge in [0, 0.05) is 6.42 Å². The lowest BCUT2D eigenvalue weighted by Crippen LogP contribution is -2.65. The predicted octanol–water partition coefficient (Wildman–Crippen LogP) is -0.416. The molecule has 12 atom stereocenters. The van der Waals surface area contributed by atoms with Crippen molar-refractivity contribution in [3.63, 3.8) is 0 Å². The molecule has 2 aliphatic rings. The zero-order chi connectivity index (χ0) is 33.4. The predicted molar refractivity (Wildman–Crippen MR) is 162 cm³/mol. The highest BCUT2D eigenvalue weighted by atomic mass is 16.7. The molecule has 0 aromatic carbocycles. The van der Waals surface area contributed by atoms with Gasteiger partial charge in [-0.15, -0.1) is 0 Å². The SMILES string of the molecule is CCCCCCCCCCC(=O)NC(COC1OC(CO)C(OC2OC(CO)C(O)C(O)C2O)C(O)C1O)C(O)CCCCC. The number of unbranched alkanes of at least 4 members (excludes halogenated alkanes) is 9. The molecule has 9 N–H and O–H groups in total. The molecule has 45 heavy (non-hydrogen) atoms. The molecule has 2 fully saturated rings. The number of ether oxygens (including phenoxy) is 4. The summed E-state index contributed by atoms with van der Waals surface area (Å²) in [5.41, 5.74) is 0. The molecule has 0 radical (unpaired) electrons. The first-order valence-electron chi connectivity index (χ1n) is 16.8. The van der Waals surface area contributed by atoms with Crippen LogP contribution in [0.25, 0.3) is 0 Å². The van der Waals surface area contributed by atoms with Crippen molar-refractivity contribution in [3.8, 4) is 0 Å². The normalized spacial score (nSPS) is 33.6. The summed E-state index contributed by atoms with van der Waals surface area (Å²) in [7, 11) is 0. The van der Waals surface area contributed by atoms with Gasteiger partial charge in [-0.1, -0.05) is 78.1 Å². The van der Waals surface area contributed by atoms with Gasteiger partial charge < -0.3 is 65.1 Å². The van der Waals surface area contributed by atoms with E-state index in [0.717, 1.165) is 44.9 Å². The fraction of sp³-hybridized carbons (Fsp3) is 0.968. The van der Waals surface area contributed by atoms with Crippen LogP contribution in [-0.2, 0) is 23.7 Å². The molecule has 0 bridgehead atoms. The number of hydrogen-bond donors (Lipinski definition) is 9. The first-order chi connectivity index (χ1) is 21.6. The number of aliphatic hydroxyl groups excluding tert-OH is 8. The summed E-state index contributed by atoms with van der Waals surface area (Å²) in [5, 5.41) is 85.1. The third-order valence-corrected chi connectivity index (χ3v) is 8.57. The minimum absolute atomic E-state index is 0.226. The van der Waals surface area contributed by atoms with Gasteiger partial charge >= 0.3 is 0 Å². The molecule has 0 spiro atoms. The van der Waals surface area contributed by atoms with Gasteiger partial charge in [-0.05, 0) is 12.8 Å². The maximum Gasteiger partial charge on any atom is 0.220 e. The first kappa shape index (κ1) is 40.2. The Labute approximate surface area is 266 Å². The first-order valence-corrected chi connectivity index (χ1v) is 16.8. The van der Waals surface area contributed by atoms with Crippen molar-refractivity contribution in [3.05, 3.63) is 0 Å². The zero-order valence-electron chi connectivity index (χ0n) is 26.9. The highest BCUT2D eigenvalue weighted by Gasteiger charge is 2.50. The number of carbonyl (C=O) groups is 1. The highest BCUT2D eigenvalue weighted by molar-refractivity contribution is 5.76. The van der Waals surface area contributed by atoms with Crippen LogP contribution in [0.3, 0.4) is 0 Å². The van der Waals surface area contributed by atoms with E-state index in [1.807, 2.05) is 6.92 Å². The van der Waals surface area contributed by atoms with Crippen molar-refractivity contribution in [2.24, 2.45) is 0 Å². The number of nitrogens with one attached hydrogen (secondary N) is 1. The van der Waals surface area contributed by atoms with Gasteiger partial charge in [-0.3, -0.25) is 4.79 Å². The number of amides is 1. The summed E-state index contributed by atoms with van der Waals surface area (Å²) in [6.07, 6.45) is -4.56. The smallest absolute Gasteiger partial charge is 0.220 e. The molecule has 2 aliphatic heterocycles. The van der Waals surface area contributed by atoms with Crippen LogP contribution in [0.1, 0.15) is 97.3 Å². The average Bonchev–Trinajstić information content (AvgIpc) is 3.03. The van der Waals surface area contributed by atoms with Gasteiger partial charge in [0.2, 0.25) is 5.91 Å². The van der Waals surface area contributed by atoms with Gasteiger partial charge in [-0.2, -0.15) is 0 Å². The molecular weight excluding hydrogens is 594 g/mol. The second kappa shape index (κ2) is 21.8. The Kier molecular flexibility index (Phi) is 19.4. The maximum atomic E-state index is 12.7. The fourth-order valence-electron chi connectivity index (χ4n) is 5.64. The van der Waals surface area contributed by atoms with Crippen LogP contribution in [0.5, 0.6) is 0 Å². The fourth-order valence-corrected chi connectivity index (χ4v) is 5.64. The molecule has 1 amide bonds. The Morgan fingerprint density at radius 3 is 1.89 bits per heavy atom. The summed E-state index contributed by atoms with van der Waals surface area (Å²) in [6.45, 7) is 2.57. The van der Waals surface area contributed by atoms with E-state index in [1.54, 1.807) is 0 Å². The number of carbonyl (C=O) groups excluding carboxylic acids is 1. The quantitative estimate of drug-likeness (QED) is 0.0678.